The van der Waals surface area contributed by atoms with Crippen LogP contribution >= 0.6 is 0 Å². The van der Waals surface area contributed by atoms with Gasteiger partial charge in [0, 0.05) is 0 Å². The first-order valence-corrected chi connectivity index (χ1v) is 5.50. The third kappa shape index (κ3) is 3.59. The van der Waals surface area contributed by atoms with E-state index in [4.69, 9.17) is 9.84 Å². The highest BCUT2D eigenvalue weighted by molar-refractivity contribution is 5.94. The van der Waals surface area contributed by atoms with Crippen molar-refractivity contribution in [3.63, 3.8) is 0 Å². The zero-order chi connectivity index (χ0) is 12.8. The Balaban J connectivity index is 2.84. The zero-order valence-corrected chi connectivity index (χ0v) is 9.97. The molecule has 0 aliphatic carbocycles. The van der Waals surface area contributed by atoms with Gasteiger partial charge in [0.25, 0.3) is 0 Å². The standard InChI is InChI=1S/C13H16O4/c1-3-17-13(16)11(12(14)15)8-10-7-5-4-6-9(10)2/h4-7,11H,3,8H2,1-2H3,(H,14,15). The Bertz CT molecular complexity index is 412. The van der Waals surface area contributed by atoms with E-state index < -0.39 is 17.9 Å². The summed E-state index contributed by atoms with van der Waals surface area (Å²) in [6, 6.07) is 7.41. The van der Waals surface area contributed by atoms with Crippen molar-refractivity contribution in [3.8, 4) is 0 Å². The SMILES string of the molecule is CCOC(=O)C(Cc1ccccc1C)C(=O)O. The Morgan fingerprint density at radius 3 is 2.53 bits per heavy atom. The number of carbonyl (C=O) groups is 2. The van der Waals surface area contributed by atoms with E-state index in [-0.39, 0.29) is 13.0 Å². The van der Waals surface area contributed by atoms with Crippen LogP contribution in [0.1, 0.15) is 18.1 Å². The molecule has 1 N–H and O–H groups in total. The van der Waals surface area contributed by atoms with E-state index in [2.05, 4.69) is 0 Å². The van der Waals surface area contributed by atoms with E-state index >= 15 is 0 Å². The van der Waals surface area contributed by atoms with E-state index in [9.17, 15) is 9.59 Å². The molecule has 0 saturated heterocycles. The average molecular weight is 236 g/mol. The molecule has 0 spiro atoms. The number of carboxylic acids is 1. The summed E-state index contributed by atoms with van der Waals surface area (Å²) >= 11 is 0. The largest absolute Gasteiger partial charge is 0.481 e. The van der Waals surface area contributed by atoms with Crippen molar-refractivity contribution in [1.82, 2.24) is 0 Å². The molecule has 0 fully saturated rings. The van der Waals surface area contributed by atoms with Gasteiger partial charge < -0.3 is 9.84 Å². The van der Waals surface area contributed by atoms with Gasteiger partial charge in [-0.05, 0) is 31.4 Å². The average Bonchev–Trinajstić information content (AvgIpc) is 2.27. The number of esters is 1. The van der Waals surface area contributed by atoms with E-state index in [1.807, 2.05) is 31.2 Å². The zero-order valence-electron chi connectivity index (χ0n) is 9.97. The number of ether oxygens (including phenoxy) is 1. The smallest absolute Gasteiger partial charge is 0.320 e. The third-order valence-electron chi connectivity index (χ3n) is 2.55. The topological polar surface area (TPSA) is 63.6 Å². The summed E-state index contributed by atoms with van der Waals surface area (Å²) in [5.41, 5.74) is 1.83. The molecule has 0 aliphatic rings. The van der Waals surface area contributed by atoms with Crippen molar-refractivity contribution in [2.45, 2.75) is 20.3 Å². The summed E-state index contributed by atoms with van der Waals surface area (Å²) in [5, 5.41) is 9.02. The van der Waals surface area contributed by atoms with Gasteiger partial charge in [-0.1, -0.05) is 24.3 Å². The molecule has 0 aliphatic heterocycles. The maximum atomic E-state index is 11.5. The number of hydrogen-bond donors (Lipinski definition) is 1. The van der Waals surface area contributed by atoms with Crippen LogP contribution < -0.4 is 0 Å². The molecule has 4 nitrogen and oxygen atoms in total. The molecule has 1 atom stereocenters. The van der Waals surface area contributed by atoms with Crippen molar-refractivity contribution < 1.29 is 19.4 Å². The fourth-order valence-corrected chi connectivity index (χ4v) is 1.57. The summed E-state index contributed by atoms with van der Waals surface area (Å²) in [7, 11) is 0. The molecule has 1 aromatic carbocycles. The van der Waals surface area contributed by atoms with Gasteiger partial charge in [-0.2, -0.15) is 0 Å². The predicted molar refractivity (Wildman–Crippen MR) is 62.6 cm³/mol. The Morgan fingerprint density at radius 1 is 1.35 bits per heavy atom. The maximum absolute atomic E-state index is 11.5. The number of carbonyl (C=O) groups excluding carboxylic acids is 1. The summed E-state index contributed by atoms with van der Waals surface area (Å²) in [6.45, 7) is 3.74. The second-order valence-electron chi connectivity index (χ2n) is 3.77. The van der Waals surface area contributed by atoms with Gasteiger partial charge in [0.05, 0.1) is 6.61 Å². The van der Waals surface area contributed by atoms with Crippen LogP contribution in [0.25, 0.3) is 0 Å². The normalized spacial score (nSPS) is 11.9. The Labute approximate surface area is 100 Å². The van der Waals surface area contributed by atoms with E-state index in [0.29, 0.717) is 0 Å². The summed E-state index contributed by atoms with van der Waals surface area (Å²) < 4.78 is 4.76. The minimum Gasteiger partial charge on any atom is -0.481 e. The molecule has 0 aromatic heterocycles. The van der Waals surface area contributed by atoms with Crippen molar-refractivity contribution >= 4 is 11.9 Å². The molecule has 17 heavy (non-hydrogen) atoms. The molecular formula is C13H16O4. The van der Waals surface area contributed by atoms with Crippen LogP contribution in [0.4, 0.5) is 0 Å². The van der Waals surface area contributed by atoms with E-state index in [1.54, 1.807) is 6.92 Å². The number of aryl methyl sites for hydroxylation is 1. The van der Waals surface area contributed by atoms with Crippen LogP contribution in [-0.2, 0) is 20.7 Å². The summed E-state index contributed by atoms with van der Waals surface area (Å²) in [5.74, 6) is -2.95. The predicted octanol–water partition coefficient (Wildman–Crippen LogP) is 1.80. The Hall–Kier alpha value is -1.84. The summed E-state index contributed by atoms with van der Waals surface area (Å²) in [6.07, 6.45) is 0.167. The van der Waals surface area contributed by atoms with Crippen LogP contribution in [0.5, 0.6) is 0 Å². The molecular weight excluding hydrogens is 220 g/mol. The first-order chi connectivity index (χ1) is 8.06. The molecule has 1 rings (SSSR count). The van der Waals surface area contributed by atoms with Crippen LogP contribution in [-0.4, -0.2) is 23.7 Å². The quantitative estimate of drug-likeness (QED) is 0.625. The van der Waals surface area contributed by atoms with Crippen LogP contribution in [0.2, 0.25) is 0 Å². The first kappa shape index (κ1) is 13.2. The fraction of sp³-hybridized carbons (Fsp3) is 0.385. The molecule has 92 valence electrons. The second kappa shape index (κ2) is 6.03. The fourth-order valence-electron chi connectivity index (χ4n) is 1.57. The minimum atomic E-state index is -1.15. The lowest BCUT2D eigenvalue weighted by Crippen LogP contribution is -2.28. The number of hydrogen-bond acceptors (Lipinski definition) is 3. The molecule has 0 saturated carbocycles. The third-order valence-corrected chi connectivity index (χ3v) is 2.55. The first-order valence-electron chi connectivity index (χ1n) is 5.50. The van der Waals surface area contributed by atoms with Gasteiger partial charge >= 0.3 is 11.9 Å². The van der Waals surface area contributed by atoms with Gasteiger partial charge in [0.2, 0.25) is 0 Å². The van der Waals surface area contributed by atoms with Crippen molar-refractivity contribution in [3.05, 3.63) is 35.4 Å². The highest BCUT2D eigenvalue weighted by atomic mass is 16.5. The van der Waals surface area contributed by atoms with Crippen LogP contribution in [0.15, 0.2) is 24.3 Å². The lowest BCUT2D eigenvalue weighted by Gasteiger charge is -2.12. The lowest BCUT2D eigenvalue weighted by molar-refractivity contribution is -0.158. The van der Waals surface area contributed by atoms with Crippen LogP contribution in [0, 0.1) is 12.8 Å². The lowest BCUT2D eigenvalue weighted by atomic mass is 9.96. The Morgan fingerprint density at radius 2 is 2.00 bits per heavy atom. The van der Waals surface area contributed by atoms with Crippen molar-refractivity contribution in [1.29, 1.82) is 0 Å². The Kier molecular flexibility index (Phi) is 4.69. The van der Waals surface area contributed by atoms with Gasteiger partial charge in [-0.25, -0.2) is 0 Å². The van der Waals surface area contributed by atoms with Gasteiger partial charge in [-0.3, -0.25) is 9.59 Å². The van der Waals surface area contributed by atoms with Gasteiger partial charge in [0.1, 0.15) is 0 Å². The van der Waals surface area contributed by atoms with Gasteiger partial charge in [-0.15, -0.1) is 0 Å². The maximum Gasteiger partial charge on any atom is 0.320 e. The second-order valence-corrected chi connectivity index (χ2v) is 3.77. The van der Waals surface area contributed by atoms with Crippen molar-refractivity contribution in [2.75, 3.05) is 6.61 Å². The van der Waals surface area contributed by atoms with Crippen molar-refractivity contribution in [2.24, 2.45) is 5.92 Å². The number of rotatable bonds is 5. The number of aliphatic carboxylic acids is 1. The van der Waals surface area contributed by atoms with Gasteiger partial charge in [0.15, 0.2) is 5.92 Å². The van der Waals surface area contributed by atoms with E-state index in [1.165, 1.54) is 0 Å². The molecule has 1 aromatic rings. The summed E-state index contributed by atoms with van der Waals surface area (Å²) in [4.78, 5) is 22.5. The molecule has 0 heterocycles. The molecule has 4 heteroatoms. The molecule has 1 unspecified atom stereocenters. The molecule has 0 amide bonds. The monoisotopic (exact) mass is 236 g/mol. The molecule has 0 bridgehead atoms. The van der Waals surface area contributed by atoms with Crippen LogP contribution in [0.3, 0.4) is 0 Å². The highest BCUT2D eigenvalue weighted by Gasteiger charge is 2.28. The minimum absolute atomic E-state index is 0.167. The number of benzene rings is 1. The molecule has 0 radical (unpaired) electrons. The number of carboxylic acid groups (broad SMARTS) is 1. The van der Waals surface area contributed by atoms with E-state index in [0.717, 1.165) is 11.1 Å². The highest BCUT2D eigenvalue weighted by Crippen LogP contribution is 2.15.